The molecule has 1 fully saturated rings. The van der Waals surface area contributed by atoms with E-state index < -0.39 is 5.25 Å². The van der Waals surface area contributed by atoms with Crippen molar-refractivity contribution >= 4 is 40.1 Å². The Kier molecular flexibility index (Phi) is 8.95. The molecule has 0 saturated carbocycles. The Morgan fingerprint density at radius 3 is 2.58 bits per heavy atom. The summed E-state index contributed by atoms with van der Waals surface area (Å²) in [5.74, 6) is 0.460. The number of unbranched alkanes of at least 4 members (excludes halogenated alkanes) is 3. The first-order chi connectivity index (χ1) is 15.9. The molecule has 0 spiro atoms. The van der Waals surface area contributed by atoms with E-state index in [0.29, 0.717) is 17.5 Å². The van der Waals surface area contributed by atoms with Crippen LogP contribution in [-0.2, 0) is 9.59 Å². The molecule has 1 aliphatic rings. The van der Waals surface area contributed by atoms with E-state index in [2.05, 4.69) is 17.2 Å². The van der Waals surface area contributed by atoms with Crippen molar-refractivity contribution in [3.05, 3.63) is 53.6 Å². The van der Waals surface area contributed by atoms with Crippen LogP contribution < -0.4 is 10.1 Å². The number of benzene rings is 2. The van der Waals surface area contributed by atoms with Gasteiger partial charge in [0.05, 0.1) is 12.3 Å². The van der Waals surface area contributed by atoms with Crippen molar-refractivity contribution in [3.63, 3.8) is 0 Å². The number of ether oxygens (including phenoxy) is 1. The number of aryl methyl sites for hydroxylation is 2. The Labute approximate surface area is 200 Å². The SMILES string of the molecule is CCCCCCOc1ccc(NC(=O)C2CC(=O)N(C)C(=Nc3ccc(C)c(C)c3)S2)cc1. The van der Waals surface area contributed by atoms with Crippen LogP contribution in [0.4, 0.5) is 11.4 Å². The van der Waals surface area contributed by atoms with Crippen LogP contribution in [0.15, 0.2) is 47.5 Å². The summed E-state index contributed by atoms with van der Waals surface area (Å²) in [5.41, 5.74) is 3.77. The maximum Gasteiger partial charge on any atom is 0.238 e. The number of thioether (sulfide) groups is 1. The lowest BCUT2D eigenvalue weighted by Crippen LogP contribution is -2.43. The number of hydrogen-bond acceptors (Lipinski definition) is 5. The number of carbonyl (C=O) groups excluding carboxylic acids is 2. The predicted octanol–water partition coefficient (Wildman–Crippen LogP) is 5.85. The Bertz CT molecular complexity index is 1000. The summed E-state index contributed by atoms with van der Waals surface area (Å²) in [5, 5.41) is 2.91. The number of amides is 2. The molecule has 1 N–H and O–H groups in total. The third kappa shape index (κ3) is 7.09. The van der Waals surface area contributed by atoms with Gasteiger partial charge in [0, 0.05) is 19.2 Å². The highest BCUT2D eigenvalue weighted by Crippen LogP contribution is 2.29. The number of carbonyl (C=O) groups is 2. The quantitative estimate of drug-likeness (QED) is 0.470. The number of hydrogen-bond donors (Lipinski definition) is 1. The predicted molar refractivity (Wildman–Crippen MR) is 136 cm³/mol. The fraction of sp³-hybridized carbons (Fsp3) is 0.423. The van der Waals surface area contributed by atoms with Crippen molar-refractivity contribution in [3.8, 4) is 5.75 Å². The van der Waals surface area contributed by atoms with Gasteiger partial charge in [0.25, 0.3) is 0 Å². The minimum absolute atomic E-state index is 0.122. The van der Waals surface area contributed by atoms with Crippen molar-refractivity contribution in [1.29, 1.82) is 0 Å². The smallest absolute Gasteiger partial charge is 0.238 e. The van der Waals surface area contributed by atoms with Gasteiger partial charge in [-0.3, -0.25) is 14.5 Å². The zero-order valence-electron chi connectivity index (χ0n) is 19.9. The lowest BCUT2D eigenvalue weighted by molar-refractivity contribution is -0.128. The van der Waals surface area contributed by atoms with E-state index in [9.17, 15) is 9.59 Å². The summed E-state index contributed by atoms with van der Waals surface area (Å²) in [7, 11) is 1.70. The van der Waals surface area contributed by atoms with Crippen molar-refractivity contribution in [2.75, 3.05) is 19.0 Å². The number of aliphatic imine (C=N–C) groups is 1. The van der Waals surface area contributed by atoms with Crippen LogP contribution in [0.3, 0.4) is 0 Å². The van der Waals surface area contributed by atoms with Crippen LogP contribution in [-0.4, -0.2) is 40.8 Å². The Morgan fingerprint density at radius 1 is 1.12 bits per heavy atom. The number of nitrogens with zero attached hydrogens (tertiary/aromatic N) is 2. The van der Waals surface area contributed by atoms with Crippen LogP contribution in [0.25, 0.3) is 0 Å². The molecule has 2 aromatic carbocycles. The van der Waals surface area contributed by atoms with Crippen molar-refractivity contribution in [2.24, 2.45) is 4.99 Å². The number of nitrogens with one attached hydrogen (secondary N) is 1. The monoisotopic (exact) mass is 467 g/mol. The fourth-order valence-corrected chi connectivity index (χ4v) is 4.44. The second-order valence-electron chi connectivity index (χ2n) is 8.35. The first-order valence-electron chi connectivity index (χ1n) is 11.5. The van der Waals surface area contributed by atoms with Gasteiger partial charge >= 0.3 is 0 Å². The summed E-state index contributed by atoms with van der Waals surface area (Å²) in [6.45, 7) is 6.96. The van der Waals surface area contributed by atoms with Crippen LogP contribution in [0, 0.1) is 13.8 Å². The Hall–Kier alpha value is -2.80. The molecule has 1 aliphatic heterocycles. The van der Waals surface area contributed by atoms with Gasteiger partial charge in [0.2, 0.25) is 11.8 Å². The maximum absolute atomic E-state index is 12.9. The molecular formula is C26H33N3O3S. The molecule has 7 heteroatoms. The molecule has 2 amide bonds. The first kappa shape index (κ1) is 24.8. The van der Waals surface area contributed by atoms with Crippen LogP contribution in [0.1, 0.15) is 50.2 Å². The summed E-state index contributed by atoms with van der Waals surface area (Å²) in [6.07, 6.45) is 4.78. The van der Waals surface area contributed by atoms with E-state index in [1.807, 2.05) is 56.3 Å². The molecule has 3 rings (SSSR count). The summed E-state index contributed by atoms with van der Waals surface area (Å²) >= 11 is 1.31. The zero-order valence-corrected chi connectivity index (χ0v) is 20.7. The molecule has 2 aromatic rings. The molecule has 0 radical (unpaired) electrons. The lowest BCUT2D eigenvalue weighted by Gasteiger charge is -2.28. The molecule has 176 valence electrons. The largest absolute Gasteiger partial charge is 0.494 e. The number of anilines is 1. The molecule has 33 heavy (non-hydrogen) atoms. The van der Waals surface area contributed by atoms with Crippen LogP contribution in [0.2, 0.25) is 0 Å². The van der Waals surface area contributed by atoms with Gasteiger partial charge in [0.15, 0.2) is 5.17 Å². The molecule has 0 aliphatic carbocycles. The molecule has 1 atom stereocenters. The highest BCUT2D eigenvalue weighted by molar-refractivity contribution is 8.15. The zero-order chi connectivity index (χ0) is 23.8. The molecule has 6 nitrogen and oxygen atoms in total. The molecule has 1 heterocycles. The van der Waals surface area contributed by atoms with Gasteiger partial charge < -0.3 is 10.1 Å². The Morgan fingerprint density at radius 2 is 1.88 bits per heavy atom. The normalized spacial score (nSPS) is 17.3. The topological polar surface area (TPSA) is 71.0 Å². The molecule has 1 saturated heterocycles. The minimum Gasteiger partial charge on any atom is -0.494 e. The summed E-state index contributed by atoms with van der Waals surface area (Å²) in [4.78, 5) is 31.6. The van der Waals surface area contributed by atoms with Gasteiger partial charge in [-0.25, -0.2) is 4.99 Å². The van der Waals surface area contributed by atoms with Crippen LogP contribution in [0.5, 0.6) is 5.75 Å². The minimum atomic E-state index is -0.534. The van der Waals surface area contributed by atoms with Gasteiger partial charge in [-0.15, -0.1) is 0 Å². The molecule has 1 unspecified atom stereocenters. The van der Waals surface area contributed by atoms with Gasteiger partial charge in [-0.1, -0.05) is 44.0 Å². The van der Waals surface area contributed by atoms with E-state index in [0.717, 1.165) is 23.4 Å². The van der Waals surface area contributed by atoms with Gasteiger partial charge in [-0.05, 0) is 67.8 Å². The average molecular weight is 468 g/mol. The summed E-state index contributed by atoms with van der Waals surface area (Å²) in [6, 6.07) is 13.3. The number of amidine groups is 1. The standard InChI is InChI=1S/C26H33N3O3S/c1-5-6-7-8-15-32-22-13-11-20(12-14-22)27-25(31)23-17-24(30)29(4)26(33-23)28-21-10-9-18(2)19(3)16-21/h9-14,16,23H,5-8,15,17H2,1-4H3,(H,27,31). The average Bonchev–Trinajstić information content (AvgIpc) is 2.80. The lowest BCUT2D eigenvalue weighted by atomic mass is 10.1. The maximum atomic E-state index is 12.9. The van der Waals surface area contributed by atoms with E-state index >= 15 is 0 Å². The van der Waals surface area contributed by atoms with Gasteiger partial charge in [0.1, 0.15) is 11.0 Å². The van der Waals surface area contributed by atoms with Gasteiger partial charge in [-0.2, -0.15) is 0 Å². The van der Waals surface area contributed by atoms with E-state index in [4.69, 9.17) is 4.74 Å². The third-order valence-electron chi connectivity index (χ3n) is 5.66. The van der Waals surface area contributed by atoms with E-state index in [-0.39, 0.29) is 18.2 Å². The second-order valence-corrected chi connectivity index (χ2v) is 9.52. The van der Waals surface area contributed by atoms with Crippen molar-refractivity contribution in [2.45, 2.75) is 58.1 Å². The molecule has 0 aromatic heterocycles. The molecule has 0 bridgehead atoms. The van der Waals surface area contributed by atoms with Crippen LogP contribution >= 0.6 is 11.8 Å². The Balaban J connectivity index is 1.60. The second kappa shape index (κ2) is 11.9. The number of rotatable bonds is 9. The van der Waals surface area contributed by atoms with E-state index in [1.54, 1.807) is 7.05 Å². The van der Waals surface area contributed by atoms with Crippen molar-refractivity contribution in [1.82, 2.24) is 4.90 Å². The summed E-state index contributed by atoms with van der Waals surface area (Å²) < 4.78 is 5.76. The molecular weight excluding hydrogens is 434 g/mol. The fourth-order valence-electron chi connectivity index (χ4n) is 3.38. The highest BCUT2D eigenvalue weighted by atomic mass is 32.2. The van der Waals surface area contributed by atoms with Crippen molar-refractivity contribution < 1.29 is 14.3 Å². The van der Waals surface area contributed by atoms with E-state index in [1.165, 1.54) is 41.5 Å². The highest BCUT2D eigenvalue weighted by Gasteiger charge is 2.34. The third-order valence-corrected chi connectivity index (χ3v) is 6.91. The first-order valence-corrected chi connectivity index (χ1v) is 12.4.